The average molecular weight is 573 g/mol. The summed E-state index contributed by atoms with van der Waals surface area (Å²) < 4.78 is 13.0. The SMILES string of the molecule is CC1=C2C[C@H]3[C@@H](CC[C@@H]4C/C(=N\O)C=C[C@@]43C)[C@@H]2CC[C@@]2(C1)O[C@@H]1C[C@H](C)CN(C(=O)OCc3ccccc3)[C@H]1[C@H]2C. The van der Waals surface area contributed by atoms with E-state index in [0.29, 0.717) is 36.2 Å². The third-order valence-electron chi connectivity index (χ3n) is 12.7. The number of ether oxygens (including phenoxy) is 2. The van der Waals surface area contributed by atoms with E-state index < -0.39 is 0 Å². The Balaban J connectivity index is 1.12. The van der Waals surface area contributed by atoms with Crippen LogP contribution in [0.25, 0.3) is 0 Å². The van der Waals surface area contributed by atoms with Crippen LogP contribution in [0.1, 0.15) is 84.6 Å². The van der Waals surface area contributed by atoms with Gasteiger partial charge >= 0.3 is 6.09 Å². The quantitative estimate of drug-likeness (QED) is 0.223. The minimum Gasteiger partial charge on any atom is -0.445 e. The number of fused-ring (bicyclic) bond motifs is 6. The molecule has 0 aromatic heterocycles. The molecule has 226 valence electrons. The highest BCUT2D eigenvalue weighted by Crippen LogP contribution is 2.64. The Morgan fingerprint density at radius 1 is 1.17 bits per heavy atom. The minimum atomic E-state index is -0.216. The molecule has 1 spiro atoms. The molecule has 1 aromatic rings. The van der Waals surface area contributed by atoms with Gasteiger partial charge in [0.2, 0.25) is 0 Å². The van der Waals surface area contributed by atoms with Gasteiger partial charge in [-0.25, -0.2) is 4.79 Å². The highest BCUT2D eigenvalue weighted by Gasteiger charge is 2.60. The molecule has 1 amide bonds. The van der Waals surface area contributed by atoms with Crippen molar-refractivity contribution >= 4 is 11.8 Å². The van der Waals surface area contributed by atoms with Crippen molar-refractivity contribution in [2.45, 2.75) is 103 Å². The molecule has 2 aliphatic heterocycles. The summed E-state index contributed by atoms with van der Waals surface area (Å²) in [7, 11) is 0. The van der Waals surface area contributed by atoms with E-state index in [4.69, 9.17) is 9.47 Å². The Kier molecular flexibility index (Phi) is 7.07. The maximum absolute atomic E-state index is 13.5. The smallest absolute Gasteiger partial charge is 0.410 e. The zero-order valence-electron chi connectivity index (χ0n) is 25.8. The molecule has 42 heavy (non-hydrogen) atoms. The van der Waals surface area contributed by atoms with Crippen molar-refractivity contribution in [3.63, 3.8) is 0 Å². The lowest BCUT2D eigenvalue weighted by Crippen LogP contribution is -2.54. The fraction of sp³-hybridized carbons (Fsp3) is 0.667. The predicted octanol–water partition coefficient (Wildman–Crippen LogP) is 7.77. The fourth-order valence-corrected chi connectivity index (χ4v) is 10.5. The standard InChI is InChI=1S/C36H48N2O4/c1-22-16-32-33(38(20-22)34(39)41-21-25-8-6-5-7-9-25)24(3)36(42-32)15-13-28-29-11-10-26-17-27(37-40)12-14-35(26,4)31(29)18-30(28)23(2)19-36/h5-9,12,14,22,24,26,28-29,31-33,40H,10-11,13,15-21H2,1-4H3/b37-27-/t22-,24+,26+,28-,29-,31-,32+,33-,35-,36-/m0/s1. The van der Waals surface area contributed by atoms with Crippen LogP contribution < -0.4 is 0 Å². The van der Waals surface area contributed by atoms with Gasteiger partial charge in [-0.3, -0.25) is 0 Å². The van der Waals surface area contributed by atoms with Crippen LogP contribution in [0.5, 0.6) is 0 Å². The summed E-state index contributed by atoms with van der Waals surface area (Å²) in [6, 6.07) is 10.0. The summed E-state index contributed by atoms with van der Waals surface area (Å²) in [5, 5.41) is 13.0. The maximum atomic E-state index is 13.5. The third kappa shape index (κ3) is 4.46. The molecular weight excluding hydrogens is 524 g/mol. The molecule has 2 saturated heterocycles. The van der Waals surface area contributed by atoms with Crippen LogP contribution in [0.15, 0.2) is 58.8 Å². The van der Waals surface area contributed by atoms with Crippen LogP contribution in [-0.4, -0.2) is 46.2 Å². The van der Waals surface area contributed by atoms with Crippen LogP contribution >= 0.6 is 0 Å². The summed E-state index contributed by atoms with van der Waals surface area (Å²) >= 11 is 0. The Hall–Kier alpha value is -2.60. The van der Waals surface area contributed by atoms with Gasteiger partial charge in [0.15, 0.2) is 0 Å². The second-order valence-corrected chi connectivity index (χ2v) is 14.9. The Bertz CT molecular complexity index is 1300. The lowest BCUT2D eigenvalue weighted by atomic mass is 9.54. The van der Waals surface area contributed by atoms with Crippen LogP contribution in [0.2, 0.25) is 0 Å². The van der Waals surface area contributed by atoms with Crippen molar-refractivity contribution in [1.82, 2.24) is 4.90 Å². The molecule has 2 saturated carbocycles. The van der Waals surface area contributed by atoms with E-state index in [1.165, 1.54) is 25.7 Å². The first-order valence-corrected chi connectivity index (χ1v) is 16.5. The van der Waals surface area contributed by atoms with Gasteiger partial charge in [0, 0.05) is 12.5 Å². The number of hydrogen-bond donors (Lipinski definition) is 1. The van der Waals surface area contributed by atoms with Crippen LogP contribution in [0.3, 0.4) is 0 Å². The summed E-state index contributed by atoms with van der Waals surface area (Å²) in [5.74, 6) is 3.23. The molecule has 6 aliphatic rings. The molecule has 0 radical (unpaired) electrons. The molecule has 2 heterocycles. The van der Waals surface area contributed by atoms with Crippen molar-refractivity contribution in [3.8, 4) is 0 Å². The highest BCUT2D eigenvalue weighted by molar-refractivity contribution is 5.95. The van der Waals surface area contributed by atoms with Crippen molar-refractivity contribution in [3.05, 3.63) is 59.2 Å². The van der Waals surface area contributed by atoms with E-state index >= 15 is 0 Å². The maximum Gasteiger partial charge on any atom is 0.410 e. The normalized spacial score (nSPS) is 43.5. The largest absolute Gasteiger partial charge is 0.445 e. The van der Waals surface area contributed by atoms with Crippen molar-refractivity contribution in [2.75, 3.05) is 6.54 Å². The number of allylic oxidation sites excluding steroid dienone is 3. The number of hydrogen-bond acceptors (Lipinski definition) is 5. The number of amides is 1. The molecule has 1 N–H and O–H groups in total. The van der Waals surface area contributed by atoms with Crippen molar-refractivity contribution < 1.29 is 19.5 Å². The van der Waals surface area contributed by atoms with Gasteiger partial charge < -0.3 is 19.6 Å². The molecule has 0 bridgehead atoms. The molecular formula is C36H48N2O4. The topological polar surface area (TPSA) is 71.4 Å². The van der Waals surface area contributed by atoms with Crippen molar-refractivity contribution in [2.24, 2.45) is 46.1 Å². The van der Waals surface area contributed by atoms with E-state index in [2.05, 4.69) is 45.0 Å². The molecule has 10 atom stereocenters. The predicted molar refractivity (Wildman–Crippen MR) is 163 cm³/mol. The molecule has 7 rings (SSSR count). The molecule has 6 nitrogen and oxygen atoms in total. The highest BCUT2D eigenvalue weighted by atomic mass is 16.6. The number of benzene rings is 1. The van der Waals surface area contributed by atoms with Gasteiger partial charge in [-0.2, -0.15) is 0 Å². The van der Waals surface area contributed by atoms with Gasteiger partial charge in [-0.1, -0.05) is 73.5 Å². The number of rotatable bonds is 2. The number of nitrogens with zero attached hydrogens (tertiary/aromatic N) is 2. The van der Waals surface area contributed by atoms with Crippen LogP contribution in [0.4, 0.5) is 4.79 Å². The lowest BCUT2D eigenvalue weighted by Gasteiger charge is -2.50. The van der Waals surface area contributed by atoms with Gasteiger partial charge in [0.05, 0.1) is 23.5 Å². The Morgan fingerprint density at radius 2 is 1.98 bits per heavy atom. The first-order chi connectivity index (χ1) is 20.2. The average Bonchev–Trinajstić information content (AvgIpc) is 3.45. The van der Waals surface area contributed by atoms with E-state index in [1.54, 1.807) is 11.1 Å². The Labute approximate surface area is 251 Å². The zero-order chi connectivity index (χ0) is 29.2. The lowest BCUT2D eigenvalue weighted by molar-refractivity contribution is -0.0788. The number of likely N-dealkylation sites (tertiary alicyclic amines) is 1. The Morgan fingerprint density at radius 3 is 2.76 bits per heavy atom. The number of piperidine rings is 1. The van der Waals surface area contributed by atoms with E-state index in [9.17, 15) is 10.0 Å². The first-order valence-electron chi connectivity index (χ1n) is 16.5. The zero-order valence-corrected chi connectivity index (χ0v) is 25.8. The second kappa shape index (κ2) is 10.5. The van der Waals surface area contributed by atoms with Gasteiger partial charge in [0.1, 0.15) is 6.61 Å². The summed E-state index contributed by atoms with van der Waals surface area (Å²) in [6.07, 6.45) is 13.1. The van der Waals surface area contributed by atoms with Gasteiger partial charge in [-0.05, 0) is 105 Å². The number of carbonyl (C=O) groups is 1. The molecule has 1 aromatic carbocycles. The van der Waals surface area contributed by atoms with E-state index in [0.717, 1.165) is 43.5 Å². The number of oxime groups is 1. The first kappa shape index (κ1) is 28.2. The third-order valence-corrected chi connectivity index (χ3v) is 12.7. The van der Waals surface area contributed by atoms with Crippen LogP contribution in [-0.2, 0) is 16.1 Å². The van der Waals surface area contributed by atoms with Crippen molar-refractivity contribution in [1.29, 1.82) is 0 Å². The number of carbonyl (C=O) groups excluding carboxylic acids is 1. The monoisotopic (exact) mass is 572 g/mol. The summed E-state index contributed by atoms with van der Waals surface area (Å²) in [4.78, 5) is 15.5. The van der Waals surface area contributed by atoms with Gasteiger partial charge in [-0.15, -0.1) is 0 Å². The molecule has 0 unspecified atom stereocenters. The summed E-state index contributed by atoms with van der Waals surface area (Å²) in [6.45, 7) is 10.5. The fourth-order valence-electron chi connectivity index (χ4n) is 10.5. The van der Waals surface area contributed by atoms with Crippen LogP contribution in [0, 0.1) is 40.9 Å². The molecule has 4 aliphatic carbocycles. The minimum absolute atomic E-state index is 0.0667. The second-order valence-electron chi connectivity index (χ2n) is 14.9. The van der Waals surface area contributed by atoms with Gasteiger partial charge in [0.25, 0.3) is 0 Å². The molecule has 4 fully saturated rings. The van der Waals surface area contributed by atoms with E-state index in [1.807, 2.05) is 35.2 Å². The van der Waals surface area contributed by atoms with E-state index in [-0.39, 0.29) is 35.2 Å². The summed E-state index contributed by atoms with van der Waals surface area (Å²) in [5.41, 5.74) is 5.06. The molecule has 6 heteroatoms.